The molecular formula is C16H24Br2N2O2S. The van der Waals surface area contributed by atoms with Crippen LogP contribution in [0.2, 0.25) is 0 Å². The summed E-state index contributed by atoms with van der Waals surface area (Å²) in [6.07, 6.45) is 2.06. The third-order valence-corrected chi connectivity index (χ3v) is 7.10. The van der Waals surface area contributed by atoms with Gasteiger partial charge in [0.05, 0.1) is 3.79 Å². The first-order chi connectivity index (χ1) is 10.6. The van der Waals surface area contributed by atoms with Crippen molar-refractivity contribution in [3.63, 3.8) is 0 Å². The van der Waals surface area contributed by atoms with Gasteiger partial charge in [0.1, 0.15) is 5.60 Å². The predicted molar refractivity (Wildman–Crippen MR) is 102 cm³/mol. The van der Waals surface area contributed by atoms with Crippen LogP contribution in [-0.4, -0.2) is 23.8 Å². The van der Waals surface area contributed by atoms with E-state index in [1.54, 1.807) is 11.3 Å². The van der Waals surface area contributed by atoms with E-state index in [4.69, 9.17) is 4.74 Å². The van der Waals surface area contributed by atoms with Crippen molar-refractivity contribution in [1.82, 2.24) is 10.6 Å². The maximum Gasteiger partial charge on any atom is 0.407 e. The normalized spacial score (nSPS) is 17.7. The molecule has 1 amide bonds. The molecule has 1 aliphatic rings. The zero-order valence-electron chi connectivity index (χ0n) is 14.0. The number of nitrogens with one attached hydrogen (secondary N) is 2. The molecule has 1 heterocycles. The first-order valence-electron chi connectivity index (χ1n) is 7.75. The molecule has 0 spiro atoms. The summed E-state index contributed by atoms with van der Waals surface area (Å²) in [5, 5.41) is 6.55. The number of amides is 1. The fourth-order valence-corrected chi connectivity index (χ4v) is 4.53. The molecule has 1 atom stereocenters. The molecule has 1 fully saturated rings. The van der Waals surface area contributed by atoms with Crippen molar-refractivity contribution < 1.29 is 9.53 Å². The van der Waals surface area contributed by atoms with Crippen LogP contribution in [0.5, 0.6) is 0 Å². The van der Waals surface area contributed by atoms with E-state index in [0.717, 1.165) is 14.8 Å². The zero-order chi connectivity index (χ0) is 17.3. The Morgan fingerprint density at radius 2 is 2.00 bits per heavy atom. The van der Waals surface area contributed by atoms with Crippen LogP contribution in [0.4, 0.5) is 4.79 Å². The SMILES string of the molecule is CC(C)(C)OC(=O)NCC(C)(NCc1cc(Br)c(Br)s1)C1CC1. The Morgan fingerprint density at radius 1 is 1.35 bits per heavy atom. The minimum Gasteiger partial charge on any atom is -0.444 e. The molecule has 1 aromatic rings. The minimum absolute atomic E-state index is 0.111. The standard InChI is InChI=1S/C16H24Br2N2O2S/c1-15(2,3)22-14(21)19-9-16(4,10-5-6-10)20-8-11-7-12(17)13(18)23-11/h7,10,20H,5-6,8-9H2,1-4H3,(H,19,21). The number of alkyl carbamates (subject to hydrolysis) is 1. The summed E-state index contributed by atoms with van der Waals surface area (Å²) in [4.78, 5) is 13.2. The van der Waals surface area contributed by atoms with E-state index in [-0.39, 0.29) is 11.6 Å². The second kappa shape index (κ2) is 7.42. The van der Waals surface area contributed by atoms with Crippen LogP contribution in [-0.2, 0) is 11.3 Å². The molecule has 130 valence electrons. The highest BCUT2D eigenvalue weighted by molar-refractivity contribution is 9.13. The van der Waals surface area contributed by atoms with E-state index in [9.17, 15) is 4.79 Å². The van der Waals surface area contributed by atoms with E-state index in [2.05, 4.69) is 55.5 Å². The number of ether oxygens (including phenoxy) is 1. The number of hydrogen-bond acceptors (Lipinski definition) is 4. The summed E-state index contributed by atoms with van der Waals surface area (Å²) in [5.74, 6) is 0.601. The molecule has 2 rings (SSSR count). The van der Waals surface area contributed by atoms with E-state index in [1.807, 2.05) is 20.8 Å². The maximum atomic E-state index is 11.9. The minimum atomic E-state index is -0.469. The van der Waals surface area contributed by atoms with Crippen LogP contribution < -0.4 is 10.6 Å². The highest BCUT2D eigenvalue weighted by Gasteiger charge is 2.41. The summed E-state index contributed by atoms with van der Waals surface area (Å²) >= 11 is 8.76. The van der Waals surface area contributed by atoms with Crippen LogP contribution in [0.1, 0.15) is 45.4 Å². The summed E-state index contributed by atoms with van der Waals surface area (Å²) in [7, 11) is 0. The highest BCUT2D eigenvalue weighted by Crippen LogP contribution is 2.40. The van der Waals surface area contributed by atoms with Crippen molar-refractivity contribution >= 4 is 49.3 Å². The molecule has 0 bridgehead atoms. The van der Waals surface area contributed by atoms with Gasteiger partial charge in [-0.1, -0.05) is 0 Å². The first kappa shape index (κ1) is 19.2. The fourth-order valence-electron chi connectivity index (χ4n) is 2.41. The fraction of sp³-hybridized carbons (Fsp3) is 0.688. The monoisotopic (exact) mass is 466 g/mol. The summed E-state index contributed by atoms with van der Waals surface area (Å²) in [6, 6.07) is 2.12. The van der Waals surface area contributed by atoms with Gasteiger partial charge in [0, 0.05) is 28.0 Å². The van der Waals surface area contributed by atoms with Crippen molar-refractivity contribution in [2.45, 2.75) is 58.2 Å². The molecule has 23 heavy (non-hydrogen) atoms. The molecule has 0 aliphatic heterocycles. The molecule has 1 aliphatic carbocycles. The van der Waals surface area contributed by atoms with Gasteiger partial charge in [0.15, 0.2) is 0 Å². The van der Waals surface area contributed by atoms with Crippen LogP contribution >= 0.6 is 43.2 Å². The third-order valence-electron chi connectivity index (χ3n) is 3.84. The Kier molecular flexibility index (Phi) is 6.20. The number of carbonyl (C=O) groups is 1. The van der Waals surface area contributed by atoms with Gasteiger partial charge < -0.3 is 15.4 Å². The summed E-state index contributed by atoms with van der Waals surface area (Å²) in [5.41, 5.74) is -0.580. The lowest BCUT2D eigenvalue weighted by Gasteiger charge is -2.32. The van der Waals surface area contributed by atoms with Gasteiger partial charge in [-0.25, -0.2) is 4.79 Å². The van der Waals surface area contributed by atoms with Crippen molar-refractivity contribution in [1.29, 1.82) is 0 Å². The smallest absolute Gasteiger partial charge is 0.407 e. The average Bonchev–Trinajstić information content (AvgIpc) is 3.21. The van der Waals surface area contributed by atoms with Gasteiger partial charge in [0.2, 0.25) is 0 Å². The Morgan fingerprint density at radius 3 is 2.48 bits per heavy atom. The zero-order valence-corrected chi connectivity index (χ0v) is 18.0. The van der Waals surface area contributed by atoms with E-state index >= 15 is 0 Å². The number of hydrogen-bond donors (Lipinski definition) is 2. The average molecular weight is 468 g/mol. The lowest BCUT2D eigenvalue weighted by atomic mass is 9.95. The van der Waals surface area contributed by atoms with Gasteiger partial charge in [-0.05, 0) is 84.4 Å². The lowest BCUT2D eigenvalue weighted by Crippen LogP contribution is -2.53. The maximum absolute atomic E-state index is 11.9. The van der Waals surface area contributed by atoms with Crippen LogP contribution in [0.15, 0.2) is 14.3 Å². The highest BCUT2D eigenvalue weighted by atomic mass is 79.9. The van der Waals surface area contributed by atoms with Gasteiger partial charge in [-0.2, -0.15) is 0 Å². The van der Waals surface area contributed by atoms with Gasteiger partial charge >= 0.3 is 6.09 Å². The van der Waals surface area contributed by atoms with Gasteiger partial charge in [0.25, 0.3) is 0 Å². The van der Waals surface area contributed by atoms with E-state index in [0.29, 0.717) is 12.5 Å². The van der Waals surface area contributed by atoms with Crippen molar-refractivity contribution in [3.05, 3.63) is 19.2 Å². The molecular weight excluding hydrogens is 444 g/mol. The first-order valence-corrected chi connectivity index (χ1v) is 10.1. The second-order valence-electron chi connectivity index (χ2n) is 7.24. The Bertz CT molecular complexity index is 547. The molecule has 7 heteroatoms. The van der Waals surface area contributed by atoms with E-state index < -0.39 is 5.60 Å². The van der Waals surface area contributed by atoms with Crippen molar-refractivity contribution in [3.8, 4) is 0 Å². The summed E-state index contributed by atoms with van der Waals surface area (Å²) in [6.45, 7) is 9.16. The van der Waals surface area contributed by atoms with Gasteiger partial charge in [-0.15, -0.1) is 11.3 Å². The molecule has 1 saturated carbocycles. The van der Waals surface area contributed by atoms with Crippen molar-refractivity contribution in [2.75, 3.05) is 6.54 Å². The molecule has 0 radical (unpaired) electrons. The van der Waals surface area contributed by atoms with Crippen LogP contribution in [0.3, 0.4) is 0 Å². The number of carbonyl (C=O) groups excluding carboxylic acids is 1. The third kappa shape index (κ3) is 6.03. The Balaban J connectivity index is 1.90. The van der Waals surface area contributed by atoms with Crippen LogP contribution in [0.25, 0.3) is 0 Å². The number of thiophene rings is 1. The topological polar surface area (TPSA) is 50.4 Å². The second-order valence-corrected chi connectivity index (χ2v) is 10.5. The lowest BCUT2D eigenvalue weighted by molar-refractivity contribution is 0.0507. The Hall–Kier alpha value is -0.110. The molecule has 1 aromatic heterocycles. The largest absolute Gasteiger partial charge is 0.444 e. The molecule has 0 aromatic carbocycles. The molecule has 2 N–H and O–H groups in total. The van der Waals surface area contributed by atoms with Crippen molar-refractivity contribution in [2.24, 2.45) is 5.92 Å². The Labute approximate surface area is 159 Å². The number of rotatable bonds is 6. The predicted octanol–water partition coefficient (Wildman–Crippen LogP) is 5.06. The van der Waals surface area contributed by atoms with E-state index in [1.165, 1.54) is 17.7 Å². The molecule has 4 nitrogen and oxygen atoms in total. The van der Waals surface area contributed by atoms with Crippen LogP contribution in [0, 0.1) is 5.92 Å². The van der Waals surface area contributed by atoms with Gasteiger partial charge in [-0.3, -0.25) is 0 Å². The quantitative estimate of drug-likeness (QED) is 0.614. The summed E-state index contributed by atoms with van der Waals surface area (Å²) < 4.78 is 7.52. The molecule has 0 saturated heterocycles. The molecule has 1 unspecified atom stereocenters. The number of halogens is 2.